The summed E-state index contributed by atoms with van der Waals surface area (Å²) in [7, 11) is 0. The molecule has 5 aliphatic rings. The molecule has 0 aromatic heterocycles. The van der Waals surface area contributed by atoms with Crippen LogP contribution in [0.5, 0.6) is 0 Å². The summed E-state index contributed by atoms with van der Waals surface area (Å²) in [5, 5.41) is 9.91. The minimum atomic E-state index is 0.139. The number of hydrogen-bond acceptors (Lipinski definition) is 2. The van der Waals surface area contributed by atoms with Crippen molar-refractivity contribution < 1.29 is 9.84 Å². The maximum Gasteiger partial charge on any atom is 0.272 e. The molecule has 5 saturated carbocycles. The average molecular weight is 316 g/mol. The standard InChI is InChI=1S/C21H32O2/c1-4-17(22)23-13-10-19(2)8-9-21(11-13)18(19)15-12-20(21,3)16-7-5-6-14(15)16/h4,13-16,18,22H,5-12H2,1-3H3. The van der Waals surface area contributed by atoms with Crippen LogP contribution < -0.4 is 0 Å². The molecule has 5 rings (SSSR count). The molecule has 5 aliphatic carbocycles. The second kappa shape index (κ2) is 4.29. The van der Waals surface area contributed by atoms with Crippen LogP contribution in [0.3, 0.4) is 0 Å². The van der Waals surface area contributed by atoms with Crippen molar-refractivity contribution in [3.05, 3.63) is 12.0 Å². The van der Waals surface area contributed by atoms with Crippen LogP contribution in [0.2, 0.25) is 0 Å². The first kappa shape index (κ1) is 14.7. The summed E-state index contributed by atoms with van der Waals surface area (Å²) in [6.45, 7) is 7.06. The van der Waals surface area contributed by atoms with Crippen molar-refractivity contribution in [1.82, 2.24) is 0 Å². The maximum atomic E-state index is 9.91. The molecule has 5 fully saturated rings. The fourth-order valence-electron chi connectivity index (χ4n) is 9.09. The molecule has 128 valence electrons. The fraction of sp³-hybridized carbons (Fsp3) is 0.905. The van der Waals surface area contributed by atoms with Gasteiger partial charge >= 0.3 is 0 Å². The highest BCUT2D eigenvalue weighted by atomic mass is 16.6. The summed E-state index contributed by atoms with van der Waals surface area (Å²) < 4.78 is 5.97. The topological polar surface area (TPSA) is 29.5 Å². The molecule has 0 heterocycles. The quantitative estimate of drug-likeness (QED) is 0.687. The average Bonchev–Trinajstić information content (AvgIpc) is 3.18. The first-order valence-electron chi connectivity index (χ1n) is 9.95. The molecule has 0 radical (unpaired) electrons. The van der Waals surface area contributed by atoms with Crippen molar-refractivity contribution in [2.45, 2.75) is 78.2 Å². The fourth-order valence-corrected chi connectivity index (χ4v) is 9.09. The third-order valence-corrected chi connectivity index (χ3v) is 9.47. The number of allylic oxidation sites excluding steroid dienone is 1. The van der Waals surface area contributed by atoms with Crippen molar-refractivity contribution in [1.29, 1.82) is 0 Å². The van der Waals surface area contributed by atoms with Crippen LogP contribution in [0.25, 0.3) is 0 Å². The van der Waals surface area contributed by atoms with Gasteiger partial charge in [-0.2, -0.15) is 0 Å². The molecule has 1 N–H and O–H groups in total. The van der Waals surface area contributed by atoms with Crippen molar-refractivity contribution in [3.8, 4) is 0 Å². The molecule has 23 heavy (non-hydrogen) atoms. The van der Waals surface area contributed by atoms with Crippen LogP contribution in [0.1, 0.15) is 72.1 Å². The number of aliphatic hydroxyl groups excluding tert-OH is 1. The number of ether oxygens (including phenoxy) is 1. The molecule has 2 nitrogen and oxygen atoms in total. The van der Waals surface area contributed by atoms with Gasteiger partial charge in [-0.25, -0.2) is 0 Å². The minimum absolute atomic E-state index is 0.139. The van der Waals surface area contributed by atoms with Gasteiger partial charge in [0.1, 0.15) is 6.10 Å². The van der Waals surface area contributed by atoms with E-state index >= 15 is 0 Å². The van der Waals surface area contributed by atoms with E-state index in [0.29, 0.717) is 16.2 Å². The summed E-state index contributed by atoms with van der Waals surface area (Å²) >= 11 is 0. The SMILES string of the molecule is CC=C(O)OC1CC2(C)CCC3(C1)C2C1CC3(C)C2CCCC12. The lowest BCUT2D eigenvalue weighted by atomic mass is 9.47. The van der Waals surface area contributed by atoms with Crippen molar-refractivity contribution in [2.75, 3.05) is 0 Å². The second-order valence-corrected chi connectivity index (χ2v) is 10.0. The van der Waals surface area contributed by atoms with Gasteiger partial charge in [0.05, 0.1) is 0 Å². The van der Waals surface area contributed by atoms with E-state index in [2.05, 4.69) is 13.8 Å². The molecule has 0 saturated heterocycles. The normalized spacial score (nSPS) is 60.0. The van der Waals surface area contributed by atoms with Gasteiger partial charge < -0.3 is 9.84 Å². The molecule has 8 unspecified atom stereocenters. The van der Waals surface area contributed by atoms with Gasteiger partial charge in [0.2, 0.25) is 0 Å². The van der Waals surface area contributed by atoms with Gasteiger partial charge in [0, 0.05) is 0 Å². The van der Waals surface area contributed by atoms with Crippen LogP contribution >= 0.6 is 0 Å². The second-order valence-electron chi connectivity index (χ2n) is 10.0. The van der Waals surface area contributed by atoms with Crippen molar-refractivity contribution in [3.63, 3.8) is 0 Å². The van der Waals surface area contributed by atoms with Crippen LogP contribution in [-0.2, 0) is 4.74 Å². The molecule has 0 aromatic carbocycles. The van der Waals surface area contributed by atoms with E-state index in [0.717, 1.165) is 30.1 Å². The Labute approximate surface area is 140 Å². The Morgan fingerprint density at radius 3 is 2.70 bits per heavy atom. The number of hydrogen-bond donors (Lipinski definition) is 1. The first-order chi connectivity index (χ1) is 10.9. The van der Waals surface area contributed by atoms with Crippen molar-refractivity contribution >= 4 is 0 Å². The highest BCUT2D eigenvalue weighted by molar-refractivity contribution is 5.26. The summed E-state index contributed by atoms with van der Waals surface area (Å²) in [5.74, 6) is 4.10. The van der Waals surface area contributed by atoms with Gasteiger partial charge in [-0.15, -0.1) is 0 Å². The van der Waals surface area contributed by atoms with E-state index in [4.69, 9.17) is 4.74 Å². The molecule has 8 atom stereocenters. The molecule has 4 bridgehead atoms. The first-order valence-corrected chi connectivity index (χ1v) is 9.95. The van der Waals surface area contributed by atoms with Crippen LogP contribution in [0.4, 0.5) is 0 Å². The van der Waals surface area contributed by atoms with E-state index in [1.54, 1.807) is 6.08 Å². The summed E-state index contributed by atoms with van der Waals surface area (Å²) in [4.78, 5) is 0. The summed E-state index contributed by atoms with van der Waals surface area (Å²) in [6.07, 6.45) is 13.0. The van der Waals surface area contributed by atoms with Crippen molar-refractivity contribution in [2.24, 2.45) is 39.9 Å². The van der Waals surface area contributed by atoms with Crippen LogP contribution in [-0.4, -0.2) is 11.2 Å². The van der Waals surface area contributed by atoms with E-state index < -0.39 is 0 Å². The lowest BCUT2D eigenvalue weighted by Crippen LogP contribution is -2.54. The highest BCUT2D eigenvalue weighted by Crippen LogP contribution is 2.84. The predicted molar refractivity (Wildman–Crippen MR) is 90.8 cm³/mol. The molecule has 0 amide bonds. The predicted octanol–water partition coefficient (Wildman–Crippen LogP) is 5.44. The van der Waals surface area contributed by atoms with Gasteiger partial charge in [-0.1, -0.05) is 20.3 Å². The Balaban J connectivity index is 1.55. The van der Waals surface area contributed by atoms with E-state index in [-0.39, 0.29) is 12.0 Å². The largest absolute Gasteiger partial charge is 0.481 e. The Morgan fingerprint density at radius 1 is 1.09 bits per heavy atom. The molecular weight excluding hydrogens is 284 g/mol. The lowest BCUT2D eigenvalue weighted by Gasteiger charge is -2.58. The summed E-state index contributed by atoms with van der Waals surface area (Å²) in [6, 6.07) is 0. The Bertz CT molecular complexity index is 568. The lowest BCUT2D eigenvalue weighted by molar-refractivity contribution is -0.138. The van der Waals surface area contributed by atoms with Crippen LogP contribution in [0.15, 0.2) is 12.0 Å². The third-order valence-electron chi connectivity index (χ3n) is 9.47. The number of fused-ring (bicyclic) bond motifs is 5. The molecule has 0 aromatic rings. The van der Waals surface area contributed by atoms with Gasteiger partial charge in [-0.05, 0) is 97.9 Å². The van der Waals surface area contributed by atoms with Crippen LogP contribution in [0, 0.1) is 39.9 Å². The monoisotopic (exact) mass is 316 g/mol. The zero-order valence-electron chi connectivity index (χ0n) is 15.0. The summed E-state index contributed by atoms with van der Waals surface area (Å²) in [5.41, 5.74) is 1.51. The third kappa shape index (κ3) is 1.53. The van der Waals surface area contributed by atoms with Gasteiger partial charge in [0.25, 0.3) is 5.95 Å². The molecule has 0 aliphatic heterocycles. The minimum Gasteiger partial charge on any atom is -0.481 e. The highest BCUT2D eigenvalue weighted by Gasteiger charge is 2.78. The zero-order valence-corrected chi connectivity index (χ0v) is 15.0. The number of aliphatic hydroxyl groups is 1. The van der Waals surface area contributed by atoms with E-state index in [1.165, 1.54) is 44.9 Å². The zero-order chi connectivity index (χ0) is 16.0. The molecule has 2 heteroatoms. The number of rotatable bonds is 2. The maximum absolute atomic E-state index is 9.91. The Hall–Kier alpha value is -0.660. The Morgan fingerprint density at radius 2 is 1.91 bits per heavy atom. The van der Waals surface area contributed by atoms with Gasteiger partial charge in [-0.3, -0.25) is 0 Å². The van der Waals surface area contributed by atoms with Gasteiger partial charge in [0.15, 0.2) is 0 Å². The smallest absolute Gasteiger partial charge is 0.272 e. The van der Waals surface area contributed by atoms with E-state index in [1.807, 2.05) is 6.92 Å². The van der Waals surface area contributed by atoms with E-state index in [9.17, 15) is 5.11 Å². The molecule has 0 spiro atoms. The Kier molecular flexibility index (Phi) is 2.74. The molecular formula is C21H32O2.